The molecule has 0 heterocycles. The van der Waals surface area contributed by atoms with Crippen molar-refractivity contribution < 1.29 is 10.2 Å². The third-order valence-electron chi connectivity index (χ3n) is 2.66. The van der Waals surface area contributed by atoms with E-state index >= 15 is 0 Å². The van der Waals surface area contributed by atoms with Gasteiger partial charge in [0.15, 0.2) is 0 Å². The molecule has 0 saturated carbocycles. The molecule has 0 aliphatic heterocycles. The van der Waals surface area contributed by atoms with Crippen LogP contribution in [0.25, 0.3) is 0 Å². The third-order valence-corrected chi connectivity index (χ3v) is 3.79. The van der Waals surface area contributed by atoms with Crippen molar-refractivity contribution in [3.8, 4) is 0 Å². The minimum absolute atomic E-state index is 0.0316. The fraction of sp³-hybridized carbons (Fsp3) is 1.00. The molecule has 0 aliphatic carbocycles. The molecule has 3 atom stereocenters. The van der Waals surface area contributed by atoms with Gasteiger partial charge in [0.05, 0.1) is 6.10 Å². The van der Waals surface area contributed by atoms with Crippen LogP contribution < -0.4 is 0 Å². The van der Waals surface area contributed by atoms with Gasteiger partial charge in [-0.05, 0) is 18.8 Å². The Morgan fingerprint density at radius 2 is 1.86 bits per heavy atom. The molecule has 0 fully saturated rings. The van der Waals surface area contributed by atoms with Gasteiger partial charge in [0, 0.05) is 16.4 Å². The summed E-state index contributed by atoms with van der Waals surface area (Å²) in [6.45, 7) is 6.34. The second-order valence-electron chi connectivity index (χ2n) is 4.28. The summed E-state index contributed by atoms with van der Waals surface area (Å²) in [6.07, 6.45) is 2.76. The highest BCUT2D eigenvalue weighted by molar-refractivity contribution is 14.1. The average molecular weight is 314 g/mol. The van der Waals surface area contributed by atoms with Crippen LogP contribution in [0.3, 0.4) is 0 Å². The Morgan fingerprint density at radius 3 is 2.21 bits per heavy atom. The van der Waals surface area contributed by atoms with E-state index in [1.807, 2.05) is 13.8 Å². The van der Waals surface area contributed by atoms with E-state index < -0.39 is 0 Å². The lowest BCUT2D eigenvalue weighted by molar-refractivity contribution is 0.0363. The van der Waals surface area contributed by atoms with E-state index in [-0.39, 0.29) is 18.6 Å². The van der Waals surface area contributed by atoms with Crippen LogP contribution in [0, 0.1) is 11.8 Å². The minimum atomic E-state index is -0.353. The summed E-state index contributed by atoms with van der Waals surface area (Å²) in [5.74, 6) is 0.379. The number of alkyl halides is 1. The van der Waals surface area contributed by atoms with Crippen molar-refractivity contribution in [2.45, 2.75) is 50.1 Å². The Balaban J connectivity index is 3.96. The highest BCUT2D eigenvalue weighted by Gasteiger charge is 2.23. The van der Waals surface area contributed by atoms with Crippen molar-refractivity contribution in [1.29, 1.82) is 0 Å². The quantitative estimate of drug-likeness (QED) is 0.560. The SMILES string of the molecule is CCCC(I)CC(O)C(CO)C(C)C. The van der Waals surface area contributed by atoms with Gasteiger partial charge in [-0.3, -0.25) is 0 Å². The maximum absolute atomic E-state index is 9.91. The van der Waals surface area contributed by atoms with E-state index in [0.29, 0.717) is 9.84 Å². The fourth-order valence-corrected chi connectivity index (χ4v) is 2.79. The molecule has 0 aromatic heterocycles. The van der Waals surface area contributed by atoms with Gasteiger partial charge in [-0.2, -0.15) is 0 Å². The summed E-state index contributed by atoms with van der Waals surface area (Å²) in [6, 6.07) is 0. The average Bonchev–Trinajstić information content (AvgIpc) is 2.04. The predicted octanol–water partition coefficient (Wildman–Crippen LogP) is 2.61. The summed E-state index contributed by atoms with van der Waals surface area (Å²) < 4.78 is 0.528. The molecule has 0 radical (unpaired) electrons. The molecule has 0 amide bonds. The lowest BCUT2D eigenvalue weighted by Gasteiger charge is -2.25. The van der Waals surface area contributed by atoms with E-state index in [1.165, 1.54) is 0 Å². The van der Waals surface area contributed by atoms with Crippen LogP contribution in [0.5, 0.6) is 0 Å². The Labute approximate surface area is 101 Å². The van der Waals surface area contributed by atoms with E-state index in [4.69, 9.17) is 5.11 Å². The first-order valence-electron chi connectivity index (χ1n) is 5.45. The van der Waals surface area contributed by atoms with E-state index in [9.17, 15) is 5.11 Å². The molecular weight excluding hydrogens is 291 g/mol. The standard InChI is InChI=1S/C11H23IO2/c1-4-5-9(12)6-11(14)10(7-13)8(2)3/h8-11,13-14H,4-7H2,1-3H3. The normalized spacial score (nSPS) is 18.2. The molecule has 86 valence electrons. The third kappa shape index (κ3) is 5.51. The van der Waals surface area contributed by atoms with Crippen molar-refractivity contribution >= 4 is 22.6 Å². The second-order valence-corrected chi connectivity index (χ2v) is 6.04. The molecule has 3 heteroatoms. The summed E-state index contributed by atoms with van der Waals surface area (Å²) in [4.78, 5) is 0. The van der Waals surface area contributed by atoms with E-state index in [1.54, 1.807) is 0 Å². The first-order valence-corrected chi connectivity index (χ1v) is 6.70. The van der Waals surface area contributed by atoms with Gasteiger partial charge in [0.2, 0.25) is 0 Å². The summed E-state index contributed by atoms with van der Waals surface area (Å²) >= 11 is 2.39. The molecule has 3 unspecified atom stereocenters. The predicted molar refractivity (Wildman–Crippen MR) is 68.8 cm³/mol. The Morgan fingerprint density at radius 1 is 1.29 bits per heavy atom. The van der Waals surface area contributed by atoms with Crippen LogP contribution >= 0.6 is 22.6 Å². The van der Waals surface area contributed by atoms with E-state index in [2.05, 4.69) is 29.5 Å². The summed E-state index contributed by atoms with van der Waals surface area (Å²) in [5.41, 5.74) is 0. The molecule has 2 nitrogen and oxygen atoms in total. The first kappa shape index (κ1) is 14.6. The molecule has 0 aromatic rings. The van der Waals surface area contributed by atoms with Gasteiger partial charge < -0.3 is 10.2 Å². The first-order chi connectivity index (χ1) is 6.52. The molecule has 0 rings (SSSR count). The summed E-state index contributed by atoms with van der Waals surface area (Å²) in [5, 5.41) is 19.1. The molecule has 0 aromatic carbocycles. The number of aliphatic hydroxyl groups excluding tert-OH is 2. The number of rotatable bonds is 7. The lowest BCUT2D eigenvalue weighted by Crippen LogP contribution is -2.30. The summed E-state index contributed by atoms with van der Waals surface area (Å²) in [7, 11) is 0. The second kappa shape index (κ2) is 7.88. The van der Waals surface area contributed by atoms with Crippen LogP contribution in [0.15, 0.2) is 0 Å². The van der Waals surface area contributed by atoms with Crippen LogP contribution in [-0.2, 0) is 0 Å². The van der Waals surface area contributed by atoms with Crippen LogP contribution in [-0.4, -0.2) is 26.8 Å². The monoisotopic (exact) mass is 314 g/mol. The van der Waals surface area contributed by atoms with Gasteiger partial charge in [-0.15, -0.1) is 0 Å². The Kier molecular flexibility index (Phi) is 8.25. The zero-order valence-electron chi connectivity index (χ0n) is 9.41. The van der Waals surface area contributed by atoms with Gasteiger partial charge in [0.1, 0.15) is 0 Å². The molecular formula is C11H23IO2. The Hall–Kier alpha value is 0.650. The number of hydrogen-bond acceptors (Lipinski definition) is 2. The molecule has 2 N–H and O–H groups in total. The van der Waals surface area contributed by atoms with Crippen molar-refractivity contribution in [3.63, 3.8) is 0 Å². The maximum Gasteiger partial charge on any atom is 0.0602 e. The zero-order chi connectivity index (χ0) is 11.1. The topological polar surface area (TPSA) is 40.5 Å². The Bertz CT molecular complexity index is 139. The molecule has 0 saturated heterocycles. The molecule has 14 heavy (non-hydrogen) atoms. The highest BCUT2D eigenvalue weighted by Crippen LogP contribution is 2.23. The maximum atomic E-state index is 9.91. The number of aliphatic hydroxyl groups is 2. The molecule has 0 aliphatic rings. The molecule has 0 bridgehead atoms. The smallest absolute Gasteiger partial charge is 0.0602 e. The van der Waals surface area contributed by atoms with Gasteiger partial charge >= 0.3 is 0 Å². The van der Waals surface area contributed by atoms with Crippen molar-refractivity contribution in [1.82, 2.24) is 0 Å². The number of halogens is 1. The highest BCUT2D eigenvalue weighted by atomic mass is 127. The largest absolute Gasteiger partial charge is 0.396 e. The number of hydrogen-bond donors (Lipinski definition) is 2. The van der Waals surface area contributed by atoms with Crippen LogP contribution in [0.4, 0.5) is 0 Å². The molecule has 0 spiro atoms. The zero-order valence-corrected chi connectivity index (χ0v) is 11.6. The van der Waals surface area contributed by atoms with E-state index in [0.717, 1.165) is 19.3 Å². The van der Waals surface area contributed by atoms with Crippen LogP contribution in [0.2, 0.25) is 0 Å². The van der Waals surface area contributed by atoms with Crippen LogP contribution in [0.1, 0.15) is 40.0 Å². The van der Waals surface area contributed by atoms with Crippen molar-refractivity contribution in [3.05, 3.63) is 0 Å². The van der Waals surface area contributed by atoms with Gasteiger partial charge in [-0.1, -0.05) is 49.8 Å². The van der Waals surface area contributed by atoms with Crippen molar-refractivity contribution in [2.24, 2.45) is 11.8 Å². The van der Waals surface area contributed by atoms with Gasteiger partial charge in [-0.25, -0.2) is 0 Å². The minimum Gasteiger partial charge on any atom is -0.396 e. The van der Waals surface area contributed by atoms with Gasteiger partial charge in [0.25, 0.3) is 0 Å². The fourth-order valence-electron chi connectivity index (χ4n) is 1.64. The van der Waals surface area contributed by atoms with Crippen molar-refractivity contribution in [2.75, 3.05) is 6.61 Å². The lowest BCUT2D eigenvalue weighted by atomic mass is 9.88.